The molecule has 0 aliphatic rings. The molecule has 1 aromatic heterocycles. The molecule has 0 saturated heterocycles. The SMILES string of the molecule is Nc1ccc(F)cc1Cn1cnc2ccccc21. The van der Waals surface area contributed by atoms with Crippen LogP contribution in [0.25, 0.3) is 11.0 Å². The zero-order valence-corrected chi connectivity index (χ0v) is 9.68. The standard InChI is InChI=1S/C14H12FN3/c15-11-5-6-12(16)10(7-11)8-18-9-17-13-3-1-2-4-14(13)18/h1-7,9H,8,16H2. The largest absolute Gasteiger partial charge is 0.398 e. The number of benzene rings is 2. The monoisotopic (exact) mass is 241 g/mol. The van der Waals surface area contributed by atoms with E-state index >= 15 is 0 Å². The Morgan fingerprint density at radius 1 is 1.17 bits per heavy atom. The van der Waals surface area contributed by atoms with Gasteiger partial charge in [-0.05, 0) is 35.9 Å². The van der Waals surface area contributed by atoms with Gasteiger partial charge >= 0.3 is 0 Å². The number of aromatic nitrogens is 2. The summed E-state index contributed by atoms with van der Waals surface area (Å²) < 4.78 is 15.2. The molecule has 0 aliphatic heterocycles. The Kier molecular flexibility index (Phi) is 2.48. The van der Waals surface area contributed by atoms with E-state index in [4.69, 9.17) is 5.73 Å². The fraction of sp³-hybridized carbons (Fsp3) is 0.0714. The lowest BCUT2D eigenvalue weighted by atomic mass is 10.1. The molecule has 0 atom stereocenters. The van der Waals surface area contributed by atoms with E-state index in [-0.39, 0.29) is 5.82 Å². The van der Waals surface area contributed by atoms with Gasteiger partial charge in [-0.15, -0.1) is 0 Å². The van der Waals surface area contributed by atoms with E-state index in [2.05, 4.69) is 4.98 Å². The number of fused-ring (bicyclic) bond motifs is 1. The summed E-state index contributed by atoms with van der Waals surface area (Å²) in [5.74, 6) is -0.274. The van der Waals surface area contributed by atoms with Gasteiger partial charge in [0.2, 0.25) is 0 Å². The summed E-state index contributed by atoms with van der Waals surface area (Å²) >= 11 is 0. The molecule has 0 spiro atoms. The van der Waals surface area contributed by atoms with Gasteiger partial charge in [-0.2, -0.15) is 0 Å². The van der Waals surface area contributed by atoms with Crippen LogP contribution in [-0.4, -0.2) is 9.55 Å². The van der Waals surface area contributed by atoms with Crippen LogP contribution in [0.3, 0.4) is 0 Å². The highest BCUT2D eigenvalue weighted by Gasteiger charge is 2.05. The van der Waals surface area contributed by atoms with Crippen molar-refractivity contribution in [2.75, 3.05) is 5.73 Å². The number of nitrogens with two attached hydrogens (primary N) is 1. The normalized spacial score (nSPS) is 10.9. The summed E-state index contributed by atoms with van der Waals surface area (Å²) in [6.45, 7) is 0.518. The van der Waals surface area contributed by atoms with Crippen molar-refractivity contribution in [2.24, 2.45) is 0 Å². The summed E-state index contributed by atoms with van der Waals surface area (Å²) in [5.41, 5.74) is 9.14. The van der Waals surface area contributed by atoms with E-state index < -0.39 is 0 Å². The van der Waals surface area contributed by atoms with Crippen molar-refractivity contribution in [2.45, 2.75) is 6.54 Å². The van der Waals surface area contributed by atoms with Crippen LogP contribution in [0, 0.1) is 5.82 Å². The van der Waals surface area contributed by atoms with Crippen molar-refractivity contribution < 1.29 is 4.39 Å². The minimum Gasteiger partial charge on any atom is -0.398 e. The first-order valence-corrected chi connectivity index (χ1v) is 5.68. The van der Waals surface area contributed by atoms with Crippen molar-refractivity contribution in [3.63, 3.8) is 0 Å². The first-order chi connectivity index (χ1) is 8.74. The molecule has 0 aliphatic carbocycles. The minimum atomic E-state index is -0.274. The van der Waals surface area contributed by atoms with Crippen molar-refractivity contribution in [3.05, 3.63) is 60.2 Å². The second-order valence-electron chi connectivity index (χ2n) is 4.20. The van der Waals surface area contributed by atoms with Gasteiger partial charge in [-0.1, -0.05) is 12.1 Å². The van der Waals surface area contributed by atoms with Crippen molar-refractivity contribution in [1.29, 1.82) is 0 Å². The predicted molar refractivity (Wildman–Crippen MR) is 69.6 cm³/mol. The van der Waals surface area contributed by atoms with Gasteiger partial charge < -0.3 is 10.3 Å². The third-order valence-electron chi connectivity index (χ3n) is 2.97. The van der Waals surface area contributed by atoms with Gasteiger partial charge in [-0.25, -0.2) is 9.37 Å². The molecule has 0 saturated carbocycles. The highest BCUT2D eigenvalue weighted by molar-refractivity contribution is 5.75. The Bertz CT molecular complexity index is 703. The molecule has 0 amide bonds. The van der Waals surface area contributed by atoms with Gasteiger partial charge in [0.1, 0.15) is 5.82 Å². The highest BCUT2D eigenvalue weighted by atomic mass is 19.1. The summed E-state index contributed by atoms with van der Waals surface area (Å²) in [7, 11) is 0. The smallest absolute Gasteiger partial charge is 0.123 e. The molecule has 1 heterocycles. The summed E-state index contributed by atoms with van der Waals surface area (Å²) in [6.07, 6.45) is 1.75. The maximum Gasteiger partial charge on any atom is 0.123 e. The molecule has 18 heavy (non-hydrogen) atoms. The first-order valence-electron chi connectivity index (χ1n) is 5.68. The molecule has 0 bridgehead atoms. The maximum absolute atomic E-state index is 13.2. The third-order valence-corrected chi connectivity index (χ3v) is 2.97. The average Bonchev–Trinajstić information content (AvgIpc) is 2.78. The predicted octanol–water partition coefficient (Wildman–Crippen LogP) is 2.81. The summed E-state index contributed by atoms with van der Waals surface area (Å²) in [5, 5.41) is 0. The van der Waals surface area contributed by atoms with Crippen LogP contribution in [0.1, 0.15) is 5.56 Å². The molecule has 0 unspecified atom stereocenters. The Labute approximate surface area is 104 Å². The van der Waals surface area contributed by atoms with Crippen LogP contribution in [0.15, 0.2) is 48.8 Å². The molecule has 3 rings (SSSR count). The minimum absolute atomic E-state index is 0.274. The second-order valence-corrected chi connectivity index (χ2v) is 4.20. The molecule has 2 N–H and O–H groups in total. The molecular formula is C14H12FN3. The molecule has 90 valence electrons. The number of imidazole rings is 1. The van der Waals surface area contributed by atoms with E-state index in [1.165, 1.54) is 12.1 Å². The maximum atomic E-state index is 13.2. The van der Waals surface area contributed by atoms with Crippen LogP contribution in [0.5, 0.6) is 0 Å². The van der Waals surface area contributed by atoms with Gasteiger partial charge in [0.15, 0.2) is 0 Å². The number of nitrogen functional groups attached to an aromatic ring is 1. The van der Waals surface area contributed by atoms with Crippen molar-refractivity contribution in [3.8, 4) is 0 Å². The number of rotatable bonds is 2. The van der Waals surface area contributed by atoms with E-state index in [0.29, 0.717) is 12.2 Å². The summed E-state index contributed by atoms with van der Waals surface area (Å²) in [6, 6.07) is 12.2. The quantitative estimate of drug-likeness (QED) is 0.701. The van der Waals surface area contributed by atoms with Crippen LogP contribution in [0.4, 0.5) is 10.1 Å². The van der Waals surface area contributed by atoms with Gasteiger partial charge in [0.25, 0.3) is 0 Å². The van der Waals surface area contributed by atoms with Gasteiger partial charge in [-0.3, -0.25) is 0 Å². The van der Waals surface area contributed by atoms with E-state index in [9.17, 15) is 4.39 Å². The molecule has 4 heteroatoms. The average molecular weight is 241 g/mol. The topological polar surface area (TPSA) is 43.8 Å². The number of nitrogens with zero attached hydrogens (tertiary/aromatic N) is 2. The molecular weight excluding hydrogens is 229 g/mol. The second kappa shape index (κ2) is 4.14. The number of halogens is 1. The number of hydrogen-bond donors (Lipinski definition) is 1. The molecule has 3 aromatic rings. The Morgan fingerprint density at radius 3 is 2.89 bits per heavy atom. The third kappa shape index (κ3) is 1.82. The Morgan fingerprint density at radius 2 is 2.00 bits per heavy atom. The lowest BCUT2D eigenvalue weighted by molar-refractivity contribution is 0.624. The van der Waals surface area contributed by atoms with E-state index in [0.717, 1.165) is 16.6 Å². The number of hydrogen-bond acceptors (Lipinski definition) is 2. The first kappa shape index (κ1) is 10.8. The Hall–Kier alpha value is -2.36. The number of para-hydroxylation sites is 2. The van der Waals surface area contributed by atoms with E-state index in [1.807, 2.05) is 28.8 Å². The lowest BCUT2D eigenvalue weighted by Gasteiger charge is -2.07. The fourth-order valence-electron chi connectivity index (χ4n) is 2.03. The van der Waals surface area contributed by atoms with Crippen molar-refractivity contribution in [1.82, 2.24) is 9.55 Å². The van der Waals surface area contributed by atoms with Gasteiger partial charge in [0.05, 0.1) is 23.9 Å². The highest BCUT2D eigenvalue weighted by Crippen LogP contribution is 2.18. The molecule has 0 radical (unpaired) electrons. The van der Waals surface area contributed by atoms with Crippen LogP contribution < -0.4 is 5.73 Å². The van der Waals surface area contributed by atoms with E-state index in [1.54, 1.807) is 12.4 Å². The summed E-state index contributed by atoms with van der Waals surface area (Å²) in [4.78, 5) is 4.30. The lowest BCUT2D eigenvalue weighted by Crippen LogP contribution is -2.02. The number of anilines is 1. The van der Waals surface area contributed by atoms with Crippen LogP contribution in [0.2, 0.25) is 0 Å². The molecule has 0 fully saturated rings. The van der Waals surface area contributed by atoms with Gasteiger partial charge in [0, 0.05) is 5.69 Å². The fourth-order valence-corrected chi connectivity index (χ4v) is 2.03. The Balaban J connectivity index is 2.04. The zero-order valence-electron chi connectivity index (χ0n) is 9.68. The molecule has 2 aromatic carbocycles. The van der Waals surface area contributed by atoms with Crippen LogP contribution in [-0.2, 0) is 6.54 Å². The zero-order chi connectivity index (χ0) is 12.5. The van der Waals surface area contributed by atoms with Crippen LogP contribution >= 0.6 is 0 Å². The molecule has 3 nitrogen and oxygen atoms in total. The van der Waals surface area contributed by atoms with Crippen molar-refractivity contribution >= 4 is 16.7 Å².